The number of benzene rings is 1. The molecule has 0 amide bonds. The van der Waals surface area contributed by atoms with E-state index in [4.69, 9.17) is 5.73 Å². The van der Waals surface area contributed by atoms with Gasteiger partial charge in [0.2, 0.25) is 5.16 Å². The fraction of sp³-hybridized carbons (Fsp3) is 0.429. The van der Waals surface area contributed by atoms with Crippen LogP contribution in [0.25, 0.3) is 0 Å². The second kappa shape index (κ2) is 6.21. The Kier molecular flexibility index (Phi) is 4.61. The minimum Gasteiger partial charge on any atom is -0.327 e. The zero-order chi connectivity index (χ0) is 13.8. The van der Waals surface area contributed by atoms with Crippen LogP contribution in [0, 0.1) is 13.8 Å². The van der Waals surface area contributed by atoms with Crippen LogP contribution >= 0.6 is 11.8 Å². The van der Waals surface area contributed by atoms with E-state index in [1.165, 1.54) is 11.1 Å². The van der Waals surface area contributed by atoms with E-state index in [2.05, 4.69) is 47.2 Å². The number of nitrogens with one attached hydrogen (secondary N) is 1. The third-order valence-electron chi connectivity index (χ3n) is 3.11. The first-order valence-electron chi connectivity index (χ1n) is 6.50. The molecule has 0 bridgehead atoms. The topological polar surface area (TPSA) is 67.6 Å². The van der Waals surface area contributed by atoms with Gasteiger partial charge in [0, 0.05) is 10.9 Å². The van der Waals surface area contributed by atoms with Crippen LogP contribution in [0.1, 0.15) is 30.3 Å². The smallest absolute Gasteiger partial charge is 0.213 e. The Hall–Kier alpha value is -1.33. The Morgan fingerprint density at radius 2 is 2.16 bits per heavy atom. The molecule has 4 nitrogen and oxygen atoms in total. The van der Waals surface area contributed by atoms with Gasteiger partial charge in [-0.15, -0.1) is 5.10 Å². The highest BCUT2D eigenvalue weighted by Gasteiger charge is 2.07. The van der Waals surface area contributed by atoms with Crippen molar-refractivity contribution < 1.29 is 0 Å². The molecule has 0 saturated carbocycles. The summed E-state index contributed by atoms with van der Waals surface area (Å²) in [4.78, 5) is 5.45. The number of nitrogens with two attached hydrogens (primary N) is 1. The molecule has 0 aliphatic rings. The minimum absolute atomic E-state index is 0.243. The minimum atomic E-state index is 0.243. The van der Waals surface area contributed by atoms with Gasteiger partial charge < -0.3 is 5.73 Å². The van der Waals surface area contributed by atoms with Gasteiger partial charge in [-0.25, -0.2) is 4.98 Å². The highest BCUT2D eigenvalue weighted by atomic mass is 32.2. The van der Waals surface area contributed by atoms with Gasteiger partial charge in [-0.1, -0.05) is 13.0 Å². The first-order valence-corrected chi connectivity index (χ1v) is 7.32. The van der Waals surface area contributed by atoms with E-state index >= 15 is 0 Å². The summed E-state index contributed by atoms with van der Waals surface area (Å²) in [7, 11) is 0. The molecular formula is C14H20N4S. The molecule has 19 heavy (non-hydrogen) atoms. The van der Waals surface area contributed by atoms with Crippen molar-refractivity contribution in [2.45, 2.75) is 49.7 Å². The van der Waals surface area contributed by atoms with Crippen molar-refractivity contribution in [2.24, 2.45) is 5.73 Å². The fourth-order valence-corrected chi connectivity index (χ4v) is 2.72. The standard InChI is InChI=1S/C14H20N4S/c1-4-12(15)8-11-5-6-13(7-9(11)2)19-14-16-10(3)17-18-14/h5-7,12H,4,8,15H2,1-3H3,(H,16,17,18). The van der Waals surface area contributed by atoms with E-state index in [-0.39, 0.29) is 6.04 Å². The molecule has 2 rings (SSSR count). The number of aromatic amines is 1. The summed E-state index contributed by atoms with van der Waals surface area (Å²) in [6.45, 7) is 6.15. The van der Waals surface area contributed by atoms with Crippen LogP contribution in [-0.2, 0) is 6.42 Å². The lowest BCUT2D eigenvalue weighted by molar-refractivity contribution is 0.644. The number of aryl methyl sites for hydroxylation is 2. The van der Waals surface area contributed by atoms with Crippen molar-refractivity contribution in [1.82, 2.24) is 15.2 Å². The monoisotopic (exact) mass is 276 g/mol. The van der Waals surface area contributed by atoms with Crippen molar-refractivity contribution in [1.29, 1.82) is 0 Å². The number of H-pyrrole nitrogens is 1. The lowest BCUT2D eigenvalue weighted by Gasteiger charge is -2.12. The van der Waals surface area contributed by atoms with Gasteiger partial charge >= 0.3 is 0 Å². The Morgan fingerprint density at radius 1 is 1.37 bits per heavy atom. The highest BCUT2D eigenvalue weighted by molar-refractivity contribution is 7.99. The van der Waals surface area contributed by atoms with Crippen LogP contribution in [0.4, 0.5) is 0 Å². The molecule has 2 aromatic rings. The molecule has 0 aliphatic carbocycles. The number of aromatic nitrogens is 3. The molecule has 0 aliphatic heterocycles. The maximum absolute atomic E-state index is 6.01. The number of rotatable bonds is 5. The maximum atomic E-state index is 6.01. The van der Waals surface area contributed by atoms with E-state index in [1.807, 2.05) is 6.92 Å². The number of nitrogens with zero attached hydrogens (tertiary/aromatic N) is 2. The first-order chi connectivity index (χ1) is 9.08. The van der Waals surface area contributed by atoms with Gasteiger partial charge in [0.1, 0.15) is 5.82 Å². The lowest BCUT2D eigenvalue weighted by atomic mass is 10.0. The highest BCUT2D eigenvalue weighted by Crippen LogP contribution is 2.26. The average molecular weight is 276 g/mol. The van der Waals surface area contributed by atoms with Gasteiger partial charge in [0.25, 0.3) is 0 Å². The molecule has 1 atom stereocenters. The van der Waals surface area contributed by atoms with E-state index in [9.17, 15) is 0 Å². The van der Waals surface area contributed by atoms with E-state index in [0.717, 1.165) is 28.7 Å². The molecule has 1 unspecified atom stereocenters. The van der Waals surface area contributed by atoms with Crippen molar-refractivity contribution in [3.05, 3.63) is 35.2 Å². The Labute approximate surface area is 118 Å². The summed E-state index contributed by atoms with van der Waals surface area (Å²) < 4.78 is 0. The van der Waals surface area contributed by atoms with E-state index in [1.54, 1.807) is 11.8 Å². The van der Waals surface area contributed by atoms with Gasteiger partial charge in [-0.3, -0.25) is 5.10 Å². The molecule has 5 heteroatoms. The van der Waals surface area contributed by atoms with E-state index < -0.39 is 0 Å². The summed E-state index contributed by atoms with van der Waals surface area (Å²) in [5.41, 5.74) is 8.61. The van der Waals surface area contributed by atoms with Crippen molar-refractivity contribution in [3.63, 3.8) is 0 Å². The summed E-state index contributed by atoms with van der Waals surface area (Å²) in [5, 5.41) is 7.74. The van der Waals surface area contributed by atoms with Crippen LogP contribution in [-0.4, -0.2) is 21.2 Å². The van der Waals surface area contributed by atoms with Crippen LogP contribution in [0.5, 0.6) is 0 Å². The number of hydrogen-bond donors (Lipinski definition) is 2. The number of hydrogen-bond acceptors (Lipinski definition) is 4. The average Bonchev–Trinajstić information content (AvgIpc) is 2.78. The summed E-state index contributed by atoms with van der Waals surface area (Å²) in [5.74, 6) is 0.838. The third-order valence-corrected chi connectivity index (χ3v) is 3.96. The SMILES string of the molecule is CCC(N)Cc1ccc(Sc2n[nH]c(C)n2)cc1C. The van der Waals surface area contributed by atoms with Crippen molar-refractivity contribution >= 4 is 11.8 Å². The maximum Gasteiger partial charge on any atom is 0.213 e. The van der Waals surface area contributed by atoms with Gasteiger partial charge in [-0.05, 0) is 61.7 Å². The molecule has 3 N–H and O–H groups in total. The zero-order valence-electron chi connectivity index (χ0n) is 11.6. The molecule has 0 fully saturated rings. The molecule has 1 heterocycles. The largest absolute Gasteiger partial charge is 0.327 e. The van der Waals surface area contributed by atoms with Crippen LogP contribution in [0.3, 0.4) is 0 Å². The Balaban J connectivity index is 2.10. The summed E-state index contributed by atoms with van der Waals surface area (Å²) in [6.07, 6.45) is 1.94. The Morgan fingerprint density at radius 3 is 2.74 bits per heavy atom. The summed E-state index contributed by atoms with van der Waals surface area (Å²) >= 11 is 1.57. The molecule has 1 aromatic heterocycles. The van der Waals surface area contributed by atoms with E-state index in [0.29, 0.717) is 0 Å². The third kappa shape index (κ3) is 3.81. The van der Waals surface area contributed by atoms with Gasteiger partial charge in [0.05, 0.1) is 0 Å². The Bertz CT molecular complexity index is 550. The molecule has 102 valence electrons. The second-order valence-corrected chi connectivity index (χ2v) is 5.81. The predicted molar refractivity (Wildman–Crippen MR) is 78.4 cm³/mol. The van der Waals surface area contributed by atoms with Crippen molar-refractivity contribution in [3.8, 4) is 0 Å². The normalized spacial score (nSPS) is 12.6. The molecule has 1 aromatic carbocycles. The lowest BCUT2D eigenvalue weighted by Crippen LogP contribution is -2.21. The predicted octanol–water partition coefficient (Wildman–Crippen LogP) is 2.85. The van der Waals surface area contributed by atoms with Gasteiger partial charge in [-0.2, -0.15) is 0 Å². The summed E-state index contributed by atoms with van der Waals surface area (Å²) in [6, 6.07) is 6.69. The van der Waals surface area contributed by atoms with Gasteiger partial charge in [0.15, 0.2) is 0 Å². The van der Waals surface area contributed by atoms with Crippen molar-refractivity contribution in [2.75, 3.05) is 0 Å². The first kappa shape index (κ1) is 14.1. The van der Waals surface area contributed by atoms with Crippen LogP contribution in [0.2, 0.25) is 0 Å². The fourth-order valence-electron chi connectivity index (χ4n) is 1.86. The molecule has 0 spiro atoms. The zero-order valence-corrected chi connectivity index (χ0v) is 12.4. The van der Waals surface area contributed by atoms with Crippen LogP contribution in [0.15, 0.2) is 28.3 Å². The van der Waals surface area contributed by atoms with Crippen LogP contribution < -0.4 is 5.73 Å². The molecular weight excluding hydrogens is 256 g/mol. The molecule has 0 radical (unpaired) electrons. The molecule has 0 saturated heterocycles. The quantitative estimate of drug-likeness (QED) is 0.881. The second-order valence-electron chi connectivity index (χ2n) is 4.77.